The SMILES string of the molecule is CN(CCCCCO)S(=O)(=O)c1ccc2c(c1)CCO2. The van der Waals surface area contributed by atoms with E-state index in [4.69, 9.17) is 9.84 Å². The Bertz CT molecular complexity index is 556. The van der Waals surface area contributed by atoms with E-state index >= 15 is 0 Å². The molecule has 1 N–H and O–H groups in total. The second-order valence-corrected chi connectivity index (χ2v) is 7.02. The van der Waals surface area contributed by atoms with Crippen molar-refractivity contribution in [3.05, 3.63) is 23.8 Å². The summed E-state index contributed by atoms with van der Waals surface area (Å²) in [7, 11) is -1.84. The summed E-state index contributed by atoms with van der Waals surface area (Å²) in [6, 6.07) is 5.04. The highest BCUT2D eigenvalue weighted by molar-refractivity contribution is 7.89. The van der Waals surface area contributed by atoms with Crippen LogP contribution in [-0.4, -0.2) is 44.6 Å². The fourth-order valence-corrected chi connectivity index (χ4v) is 3.51. The molecule has 0 saturated heterocycles. The smallest absolute Gasteiger partial charge is 0.242 e. The van der Waals surface area contributed by atoms with Gasteiger partial charge in [0, 0.05) is 26.6 Å². The fraction of sp³-hybridized carbons (Fsp3) is 0.571. The number of aliphatic hydroxyl groups is 1. The number of ether oxygens (including phenoxy) is 1. The van der Waals surface area contributed by atoms with Crippen LogP contribution in [0.5, 0.6) is 5.75 Å². The van der Waals surface area contributed by atoms with E-state index in [1.165, 1.54) is 4.31 Å². The van der Waals surface area contributed by atoms with Gasteiger partial charge in [-0.05, 0) is 43.0 Å². The van der Waals surface area contributed by atoms with Gasteiger partial charge in [0.05, 0.1) is 11.5 Å². The van der Waals surface area contributed by atoms with Gasteiger partial charge in [0.15, 0.2) is 0 Å². The van der Waals surface area contributed by atoms with E-state index in [0.29, 0.717) is 24.5 Å². The van der Waals surface area contributed by atoms with Crippen LogP contribution >= 0.6 is 0 Å². The van der Waals surface area contributed by atoms with Crippen molar-refractivity contribution in [2.75, 3.05) is 26.8 Å². The monoisotopic (exact) mass is 299 g/mol. The van der Waals surface area contributed by atoms with E-state index in [1.54, 1.807) is 25.2 Å². The zero-order valence-electron chi connectivity index (χ0n) is 11.7. The van der Waals surface area contributed by atoms with E-state index in [0.717, 1.165) is 30.6 Å². The summed E-state index contributed by atoms with van der Waals surface area (Å²) in [6.07, 6.45) is 3.06. The summed E-state index contributed by atoms with van der Waals surface area (Å²) in [5.74, 6) is 0.787. The molecule has 1 aromatic carbocycles. The van der Waals surface area contributed by atoms with E-state index in [-0.39, 0.29) is 6.61 Å². The van der Waals surface area contributed by atoms with Crippen LogP contribution in [-0.2, 0) is 16.4 Å². The molecule has 1 aromatic rings. The Hall–Kier alpha value is -1.11. The van der Waals surface area contributed by atoms with Gasteiger partial charge < -0.3 is 9.84 Å². The summed E-state index contributed by atoms with van der Waals surface area (Å²) in [5, 5.41) is 8.72. The summed E-state index contributed by atoms with van der Waals surface area (Å²) < 4.78 is 31.6. The lowest BCUT2D eigenvalue weighted by Gasteiger charge is -2.17. The van der Waals surface area contributed by atoms with Crippen molar-refractivity contribution in [3.8, 4) is 5.75 Å². The molecule has 112 valence electrons. The quantitative estimate of drug-likeness (QED) is 0.773. The van der Waals surface area contributed by atoms with Crippen LogP contribution < -0.4 is 4.74 Å². The molecular formula is C14H21NO4S. The van der Waals surface area contributed by atoms with Crippen molar-refractivity contribution in [1.29, 1.82) is 0 Å². The molecule has 0 spiro atoms. The zero-order valence-corrected chi connectivity index (χ0v) is 12.5. The first-order chi connectivity index (χ1) is 9.55. The molecule has 0 aliphatic carbocycles. The number of hydrogen-bond acceptors (Lipinski definition) is 4. The van der Waals surface area contributed by atoms with Crippen molar-refractivity contribution in [2.24, 2.45) is 0 Å². The van der Waals surface area contributed by atoms with E-state index in [9.17, 15) is 8.42 Å². The van der Waals surface area contributed by atoms with Crippen molar-refractivity contribution in [3.63, 3.8) is 0 Å². The average Bonchev–Trinajstić information content (AvgIpc) is 2.90. The Morgan fingerprint density at radius 3 is 2.85 bits per heavy atom. The molecule has 0 unspecified atom stereocenters. The molecule has 0 saturated carbocycles. The Labute approximate surface area is 120 Å². The Balaban J connectivity index is 2.05. The molecule has 0 atom stereocenters. The van der Waals surface area contributed by atoms with Gasteiger partial charge in [-0.25, -0.2) is 12.7 Å². The summed E-state index contributed by atoms with van der Waals surface area (Å²) >= 11 is 0. The molecule has 5 nitrogen and oxygen atoms in total. The van der Waals surface area contributed by atoms with Crippen molar-refractivity contribution < 1.29 is 18.3 Å². The lowest BCUT2D eigenvalue weighted by atomic mass is 10.2. The lowest BCUT2D eigenvalue weighted by molar-refractivity contribution is 0.281. The lowest BCUT2D eigenvalue weighted by Crippen LogP contribution is -2.28. The number of sulfonamides is 1. The minimum atomic E-state index is -3.43. The average molecular weight is 299 g/mol. The Morgan fingerprint density at radius 2 is 2.10 bits per heavy atom. The first-order valence-corrected chi connectivity index (χ1v) is 8.32. The third kappa shape index (κ3) is 3.31. The first-order valence-electron chi connectivity index (χ1n) is 6.88. The molecule has 2 rings (SSSR count). The van der Waals surface area contributed by atoms with Gasteiger partial charge in [0.1, 0.15) is 5.75 Å². The fourth-order valence-electron chi connectivity index (χ4n) is 2.25. The maximum Gasteiger partial charge on any atom is 0.242 e. The number of rotatable bonds is 7. The van der Waals surface area contributed by atoms with Gasteiger partial charge in [-0.15, -0.1) is 0 Å². The van der Waals surface area contributed by atoms with Gasteiger partial charge in [-0.1, -0.05) is 0 Å². The molecule has 0 aromatic heterocycles. The molecule has 6 heteroatoms. The molecule has 20 heavy (non-hydrogen) atoms. The predicted molar refractivity (Wildman–Crippen MR) is 76.4 cm³/mol. The third-order valence-electron chi connectivity index (χ3n) is 3.50. The van der Waals surface area contributed by atoms with Crippen LogP contribution in [0, 0.1) is 0 Å². The minimum Gasteiger partial charge on any atom is -0.493 e. The maximum atomic E-state index is 12.4. The van der Waals surface area contributed by atoms with Crippen molar-refractivity contribution >= 4 is 10.0 Å². The largest absolute Gasteiger partial charge is 0.493 e. The third-order valence-corrected chi connectivity index (χ3v) is 5.35. The normalized spacial score (nSPS) is 14.3. The first kappa shape index (κ1) is 15.3. The number of aliphatic hydroxyl groups excluding tert-OH is 1. The van der Waals surface area contributed by atoms with Crippen molar-refractivity contribution in [2.45, 2.75) is 30.6 Å². The standard InChI is InChI=1S/C14H21NO4S/c1-15(8-3-2-4-9-16)20(17,18)13-5-6-14-12(11-13)7-10-19-14/h5-6,11,16H,2-4,7-10H2,1H3. The Kier molecular flexibility index (Phi) is 5.01. The highest BCUT2D eigenvalue weighted by Gasteiger charge is 2.23. The van der Waals surface area contributed by atoms with Crippen LogP contribution in [0.2, 0.25) is 0 Å². The molecule has 1 heterocycles. The van der Waals surface area contributed by atoms with Crippen LogP contribution in [0.15, 0.2) is 23.1 Å². The van der Waals surface area contributed by atoms with Gasteiger partial charge in [-0.3, -0.25) is 0 Å². The van der Waals surface area contributed by atoms with Crippen LogP contribution in [0.3, 0.4) is 0 Å². The van der Waals surface area contributed by atoms with Gasteiger partial charge in [0.25, 0.3) is 0 Å². The number of hydrogen-bond donors (Lipinski definition) is 1. The summed E-state index contributed by atoms with van der Waals surface area (Å²) in [6.45, 7) is 1.24. The van der Waals surface area contributed by atoms with Gasteiger partial charge in [0.2, 0.25) is 10.0 Å². The minimum absolute atomic E-state index is 0.154. The topological polar surface area (TPSA) is 66.8 Å². The summed E-state index contributed by atoms with van der Waals surface area (Å²) in [5.41, 5.74) is 0.958. The van der Waals surface area contributed by atoms with Gasteiger partial charge >= 0.3 is 0 Å². The second-order valence-electron chi connectivity index (χ2n) is 4.98. The van der Waals surface area contributed by atoms with Gasteiger partial charge in [-0.2, -0.15) is 0 Å². The summed E-state index contributed by atoms with van der Waals surface area (Å²) in [4.78, 5) is 0.325. The highest BCUT2D eigenvalue weighted by Crippen LogP contribution is 2.28. The maximum absolute atomic E-state index is 12.4. The molecule has 1 aliphatic heterocycles. The number of nitrogens with zero attached hydrogens (tertiary/aromatic N) is 1. The van der Waals surface area contributed by atoms with Crippen LogP contribution in [0.25, 0.3) is 0 Å². The molecular weight excluding hydrogens is 278 g/mol. The van der Waals surface area contributed by atoms with E-state index < -0.39 is 10.0 Å². The van der Waals surface area contributed by atoms with E-state index in [2.05, 4.69) is 0 Å². The second kappa shape index (κ2) is 6.56. The van der Waals surface area contributed by atoms with Crippen LogP contribution in [0.4, 0.5) is 0 Å². The molecule has 0 amide bonds. The van der Waals surface area contributed by atoms with Crippen molar-refractivity contribution in [1.82, 2.24) is 4.31 Å². The predicted octanol–water partition coefficient (Wildman–Crippen LogP) is 1.40. The molecule has 0 radical (unpaired) electrons. The molecule has 0 fully saturated rings. The number of benzene rings is 1. The Morgan fingerprint density at radius 1 is 1.30 bits per heavy atom. The highest BCUT2D eigenvalue weighted by atomic mass is 32.2. The number of unbranched alkanes of at least 4 members (excludes halogenated alkanes) is 2. The van der Waals surface area contributed by atoms with Crippen LogP contribution in [0.1, 0.15) is 24.8 Å². The molecule has 0 bridgehead atoms. The molecule has 1 aliphatic rings. The van der Waals surface area contributed by atoms with E-state index in [1.807, 2.05) is 0 Å². The number of fused-ring (bicyclic) bond motifs is 1. The zero-order chi connectivity index (χ0) is 14.6.